The van der Waals surface area contributed by atoms with Gasteiger partial charge in [0.25, 0.3) is 0 Å². The maximum atomic E-state index is 9.50. The van der Waals surface area contributed by atoms with Crippen molar-refractivity contribution in [3.63, 3.8) is 0 Å². The number of hydrogen-bond donors (Lipinski definition) is 2. The van der Waals surface area contributed by atoms with Crippen LogP contribution in [0.3, 0.4) is 0 Å². The van der Waals surface area contributed by atoms with Crippen molar-refractivity contribution in [3.8, 4) is 23.2 Å². The first-order chi connectivity index (χ1) is 10.7. The van der Waals surface area contributed by atoms with Crippen molar-refractivity contribution in [1.29, 1.82) is 5.26 Å². The summed E-state index contributed by atoms with van der Waals surface area (Å²) in [6.07, 6.45) is 0.933. The second kappa shape index (κ2) is 5.57. The summed E-state index contributed by atoms with van der Waals surface area (Å²) < 4.78 is 5.55. The van der Waals surface area contributed by atoms with Crippen LogP contribution in [-0.2, 0) is 0 Å². The van der Waals surface area contributed by atoms with E-state index >= 15 is 0 Å². The van der Waals surface area contributed by atoms with E-state index in [4.69, 9.17) is 10.5 Å². The van der Waals surface area contributed by atoms with Crippen molar-refractivity contribution in [3.05, 3.63) is 47.4 Å². The van der Waals surface area contributed by atoms with Crippen LogP contribution in [0.2, 0.25) is 0 Å². The fourth-order valence-corrected chi connectivity index (χ4v) is 2.91. The van der Waals surface area contributed by atoms with E-state index in [-0.39, 0.29) is 17.7 Å². The molecule has 0 spiro atoms. The second-order valence-corrected chi connectivity index (χ2v) is 5.54. The van der Waals surface area contributed by atoms with Crippen LogP contribution in [-0.4, -0.2) is 10.2 Å². The van der Waals surface area contributed by atoms with Crippen molar-refractivity contribution in [2.45, 2.75) is 26.2 Å². The topological polar surface area (TPSA) is 87.7 Å². The average molecular weight is 294 g/mol. The lowest BCUT2D eigenvalue weighted by molar-refractivity contribution is 0.353. The molecule has 112 valence electrons. The molecule has 3 N–H and O–H groups in total. The zero-order valence-corrected chi connectivity index (χ0v) is 12.6. The Labute approximate surface area is 129 Å². The van der Waals surface area contributed by atoms with Gasteiger partial charge in [-0.1, -0.05) is 50.6 Å². The zero-order valence-electron chi connectivity index (χ0n) is 12.6. The van der Waals surface area contributed by atoms with Crippen LogP contribution in [0, 0.1) is 17.2 Å². The Morgan fingerprint density at radius 1 is 1.41 bits per heavy atom. The van der Waals surface area contributed by atoms with Crippen molar-refractivity contribution in [2.24, 2.45) is 11.7 Å². The summed E-state index contributed by atoms with van der Waals surface area (Å²) in [5, 5.41) is 16.8. The van der Waals surface area contributed by atoms with Crippen molar-refractivity contribution in [1.82, 2.24) is 10.2 Å². The zero-order chi connectivity index (χ0) is 15.7. The Bertz CT molecular complexity index is 755. The number of allylic oxidation sites excluding steroid dienone is 1. The molecule has 0 fully saturated rings. The molecule has 1 aliphatic heterocycles. The molecule has 1 aromatic heterocycles. The number of H-pyrrole nitrogens is 1. The van der Waals surface area contributed by atoms with Gasteiger partial charge in [0, 0.05) is 5.92 Å². The number of nitrogens with one attached hydrogen (secondary N) is 1. The number of nitrogens with two attached hydrogens (primary N) is 1. The number of ether oxygens (including phenoxy) is 1. The van der Waals surface area contributed by atoms with E-state index in [1.807, 2.05) is 30.3 Å². The van der Waals surface area contributed by atoms with E-state index < -0.39 is 0 Å². The highest BCUT2D eigenvalue weighted by molar-refractivity contribution is 5.69. The SMILES string of the molecule is CC[C@@H](C)[C@@H]1C(C#N)=C(N)Oc2n[nH]c(-c3ccccc3)c21. The minimum Gasteiger partial charge on any atom is -0.420 e. The largest absolute Gasteiger partial charge is 0.420 e. The highest BCUT2D eigenvalue weighted by atomic mass is 16.5. The molecule has 0 saturated carbocycles. The van der Waals surface area contributed by atoms with Crippen LogP contribution >= 0.6 is 0 Å². The molecule has 2 heterocycles. The van der Waals surface area contributed by atoms with Gasteiger partial charge in [-0.3, -0.25) is 5.10 Å². The molecule has 1 aliphatic rings. The van der Waals surface area contributed by atoms with Crippen LogP contribution in [0.25, 0.3) is 11.3 Å². The smallest absolute Gasteiger partial charge is 0.244 e. The van der Waals surface area contributed by atoms with Crippen molar-refractivity contribution < 1.29 is 4.74 Å². The second-order valence-electron chi connectivity index (χ2n) is 5.54. The van der Waals surface area contributed by atoms with E-state index in [1.54, 1.807) is 0 Å². The van der Waals surface area contributed by atoms with E-state index in [2.05, 4.69) is 30.1 Å². The minimum atomic E-state index is -0.104. The fraction of sp³-hybridized carbons (Fsp3) is 0.294. The first-order valence-electron chi connectivity index (χ1n) is 7.38. The van der Waals surface area contributed by atoms with Gasteiger partial charge in [-0.25, -0.2) is 0 Å². The van der Waals surface area contributed by atoms with E-state index in [9.17, 15) is 5.26 Å². The minimum absolute atomic E-state index is 0.104. The third kappa shape index (κ3) is 2.13. The first-order valence-corrected chi connectivity index (χ1v) is 7.38. The maximum absolute atomic E-state index is 9.50. The lowest BCUT2D eigenvalue weighted by Crippen LogP contribution is -2.23. The van der Waals surface area contributed by atoms with Crippen LogP contribution in [0.4, 0.5) is 0 Å². The van der Waals surface area contributed by atoms with Gasteiger partial charge in [-0.15, -0.1) is 5.10 Å². The molecule has 1 aromatic carbocycles. The number of aromatic amines is 1. The molecule has 0 radical (unpaired) electrons. The molecule has 0 unspecified atom stereocenters. The van der Waals surface area contributed by atoms with Gasteiger partial charge in [-0.05, 0) is 11.5 Å². The van der Waals surface area contributed by atoms with Gasteiger partial charge in [0.15, 0.2) is 0 Å². The quantitative estimate of drug-likeness (QED) is 0.909. The van der Waals surface area contributed by atoms with Crippen LogP contribution in [0.1, 0.15) is 31.7 Å². The Balaban J connectivity index is 2.19. The van der Waals surface area contributed by atoms with Gasteiger partial charge < -0.3 is 10.5 Å². The lowest BCUT2D eigenvalue weighted by Gasteiger charge is -2.27. The highest BCUT2D eigenvalue weighted by Gasteiger charge is 2.36. The number of fused-ring (bicyclic) bond motifs is 1. The molecule has 2 aromatic rings. The Hall–Kier alpha value is -2.74. The predicted molar refractivity (Wildman–Crippen MR) is 83.7 cm³/mol. The summed E-state index contributed by atoms with van der Waals surface area (Å²) in [5.41, 5.74) is 9.23. The number of benzene rings is 1. The van der Waals surface area contributed by atoms with Gasteiger partial charge in [-0.2, -0.15) is 5.26 Å². The molecule has 5 heteroatoms. The number of aromatic nitrogens is 2. The third-order valence-electron chi connectivity index (χ3n) is 4.26. The number of nitrogens with zero attached hydrogens (tertiary/aromatic N) is 2. The molecule has 0 saturated heterocycles. The molecule has 0 aliphatic carbocycles. The number of rotatable bonds is 3. The maximum Gasteiger partial charge on any atom is 0.244 e. The molecule has 0 amide bonds. The normalized spacial score (nSPS) is 18.3. The summed E-state index contributed by atoms with van der Waals surface area (Å²) in [4.78, 5) is 0. The molecular formula is C17H18N4O. The lowest BCUT2D eigenvalue weighted by atomic mass is 9.78. The van der Waals surface area contributed by atoms with E-state index in [0.29, 0.717) is 11.5 Å². The Morgan fingerprint density at radius 2 is 2.14 bits per heavy atom. The van der Waals surface area contributed by atoms with Crippen molar-refractivity contribution in [2.75, 3.05) is 0 Å². The average Bonchev–Trinajstić information content (AvgIpc) is 2.96. The standard InChI is InChI=1S/C17H18N4O/c1-3-10(2)13-12(9-18)16(19)22-17-14(13)15(20-21-17)11-7-5-4-6-8-11/h4-8,10,13H,3,19H2,1-2H3,(H,20,21)/t10-,13-/m1/s1. The van der Waals surface area contributed by atoms with Gasteiger partial charge in [0.1, 0.15) is 6.07 Å². The van der Waals surface area contributed by atoms with Crippen LogP contribution in [0.5, 0.6) is 5.88 Å². The van der Waals surface area contributed by atoms with E-state index in [0.717, 1.165) is 23.2 Å². The highest BCUT2D eigenvalue weighted by Crippen LogP contribution is 2.46. The molecular weight excluding hydrogens is 276 g/mol. The Morgan fingerprint density at radius 3 is 2.77 bits per heavy atom. The monoisotopic (exact) mass is 294 g/mol. The van der Waals surface area contributed by atoms with E-state index in [1.165, 1.54) is 0 Å². The summed E-state index contributed by atoms with van der Waals surface area (Å²) in [6, 6.07) is 12.1. The first kappa shape index (κ1) is 14.2. The third-order valence-corrected chi connectivity index (χ3v) is 4.26. The summed E-state index contributed by atoms with van der Waals surface area (Å²) in [6.45, 7) is 4.22. The molecule has 3 rings (SSSR count). The molecule has 0 bridgehead atoms. The molecule has 2 atom stereocenters. The van der Waals surface area contributed by atoms with Gasteiger partial charge in [0.2, 0.25) is 11.8 Å². The van der Waals surface area contributed by atoms with Crippen molar-refractivity contribution >= 4 is 0 Å². The fourth-order valence-electron chi connectivity index (χ4n) is 2.91. The Kier molecular flexibility index (Phi) is 3.60. The predicted octanol–water partition coefficient (Wildman–Crippen LogP) is 3.29. The summed E-state index contributed by atoms with van der Waals surface area (Å²) >= 11 is 0. The van der Waals surface area contributed by atoms with Crippen LogP contribution < -0.4 is 10.5 Å². The number of hydrogen-bond acceptors (Lipinski definition) is 4. The number of nitriles is 1. The summed E-state index contributed by atoms with van der Waals surface area (Å²) in [7, 11) is 0. The molecule has 22 heavy (non-hydrogen) atoms. The van der Waals surface area contributed by atoms with Crippen LogP contribution in [0.15, 0.2) is 41.8 Å². The molecule has 5 nitrogen and oxygen atoms in total. The summed E-state index contributed by atoms with van der Waals surface area (Å²) in [5.74, 6) is 0.788. The van der Waals surface area contributed by atoms with Gasteiger partial charge >= 0.3 is 0 Å². The van der Waals surface area contributed by atoms with Gasteiger partial charge in [0.05, 0.1) is 16.8 Å².